The number of ether oxygens (including phenoxy) is 1. The van der Waals surface area contributed by atoms with Crippen molar-refractivity contribution in [2.45, 2.75) is 52.1 Å². The van der Waals surface area contributed by atoms with Crippen LogP contribution >= 0.6 is 11.6 Å². The van der Waals surface area contributed by atoms with E-state index in [1.807, 2.05) is 56.3 Å². The second kappa shape index (κ2) is 16.2. The van der Waals surface area contributed by atoms with Crippen LogP contribution in [0.25, 0.3) is 0 Å². The molecule has 0 aliphatic heterocycles. The van der Waals surface area contributed by atoms with Gasteiger partial charge in [-0.05, 0) is 67.3 Å². The maximum Gasteiger partial charge on any atom is 0.243 e. The summed E-state index contributed by atoms with van der Waals surface area (Å²) < 4.78 is 32.1. The van der Waals surface area contributed by atoms with E-state index in [0.717, 1.165) is 23.8 Å². The van der Waals surface area contributed by atoms with Crippen LogP contribution in [0, 0.1) is 0 Å². The molecule has 0 heterocycles. The van der Waals surface area contributed by atoms with Crippen molar-refractivity contribution in [2.24, 2.45) is 0 Å². The van der Waals surface area contributed by atoms with Crippen molar-refractivity contribution in [1.82, 2.24) is 10.2 Å². The molecule has 3 aromatic carbocycles. The first-order chi connectivity index (χ1) is 20.1. The molecule has 0 aliphatic rings. The van der Waals surface area contributed by atoms with E-state index in [1.165, 1.54) is 4.31 Å². The number of hydrogen-bond acceptors (Lipinski definition) is 5. The third kappa shape index (κ3) is 10.1. The third-order valence-corrected chi connectivity index (χ3v) is 8.08. The lowest BCUT2D eigenvalue weighted by Crippen LogP contribution is -2.50. The molecule has 3 rings (SSSR count). The topological polar surface area (TPSA) is 96.0 Å². The van der Waals surface area contributed by atoms with Crippen molar-refractivity contribution in [3.8, 4) is 5.75 Å². The average Bonchev–Trinajstić information content (AvgIpc) is 2.96. The van der Waals surface area contributed by atoms with Crippen LogP contribution in [0.4, 0.5) is 5.69 Å². The highest BCUT2D eigenvalue weighted by Crippen LogP contribution is 2.23. The number of carbonyl (C=O) groups is 2. The first-order valence-electron chi connectivity index (χ1n) is 14.2. The first-order valence-corrected chi connectivity index (χ1v) is 16.4. The number of nitrogens with one attached hydrogen (secondary N) is 1. The number of amides is 2. The normalized spacial score (nSPS) is 11.9. The Balaban J connectivity index is 1.85. The standard InChI is InChI=1S/C32H40ClN3O5S/c1-4-20-34-32(38)30(23-25-11-7-6-8-12-25)35(24-26-13-9-14-27(33)22-26)31(37)15-10-21-36(42(3,39)40)28-16-18-29(19-17-28)41-5-2/h6-9,11-14,16-19,22,30H,4-5,10,15,20-21,23-24H2,1-3H3,(H,34,38). The molecule has 0 aromatic heterocycles. The van der Waals surface area contributed by atoms with E-state index in [1.54, 1.807) is 41.3 Å². The van der Waals surface area contributed by atoms with E-state index in [0.29, 0.717) is 36.0 Å². The molecule has 0 bridgehead atoms. The fourth-order valence-electron chi connectivity index (χ4n) is 4.63. The lowest BCUT2D eigenvalue weighted by atomic mass is 10.0. The third-order valence-electron chi connectivity index (χ3n) is 6.65. The van der Waals surface area contributed by atoms with Gasteiger partial charge in [0.2, 0.25) is 21.8 Å². The molecule has 3 aromatic rings. The lowest BCUT2D eigenvalue weighted by Gasteiger charge is -2.32. The highest BCUT2D eigenvalue weighted by Gasteiger charge is 2.30. The zero-order valence-corrected chi connectivity index (χ0v) is 26.0. The van der Waals surface area contributed by atoms with Gasteiger partial charge >= 0.3 is 0 Å². The molecular weight excluding hydrogens is 574 g/mol. The highest BCUT2D eigenvalue weighted by atomic mass is 35.5. The van der Waals surface area contributed by atoms with Gasteiger partial charge in [0, 0.05) is 37.5 Å². The van der Waals surface area contributed by atoms with Crippen molar-refractivity contribution >= 4 is 39.1 Å². The summed E-state index contributed by atoms with van der Waals surface area (Å²) in [7, 11) is -3.61. The Hall–Kier alpha value is -3.56. The van der Waals surface area contributed by atoms with Gasteiger partial charge in [-0.25, -0.2) is 8.42 Å². The summed E-state index contributed by atoms with van der Waals surface area (Å²) >= 11 is 6.24. The van der Waals surface area contributed by atoms with E-state index >= 15 is 0 Å². The van der Waals surface area contributed by atoms with Crippen LogP contribution in [0.2, 0.25) is 5.02 Å². The molecule has 1 atom stereocenters. The van der Waals surface area contributed by atoms with Crippen LogP contribution < -0.4 is 14.4 Å². The Morgan fingerprint density at radius 1 is 0.952 bits per heavy atom. The number of anilines is 1. The van der Waals surface area contributed by atoms with E-state index in [-0.39, 0.29) is 37.7 Å². The maximum atomic E-state index is 13.9. The first kappa shape index (κ1) is 32.9. The monoisotopic (exact) mass is 613 g/mol. The molecule has 42 heavy (non-hydrogen) atoms. The zero-order valence-electron chi connectivity index (χ0n) is 24.5. The van der Waals surface area contributed by atoms with Gasteiger partial charge in [-0.2, -0.15) is 0 Å². The number of halogens is 1. The SMILES string of the molecule is CCCNC(=O)C(Cc1ccccc1)N(Cc1cccc(Cl)c1)C(=O)CCCN(c1ccc(OCC)cc1)S(C)(=O)=O. The van der Waals surface area contributed by atoms with Gasteiger partial charge < -0.3 is 15.0 Å². The van der Waals surface area contributed by atoms with Crippen molar-refractivity contribution < 1.29 is 22.7 Å². The number of nitrogens with zero attached hydrogens (tertiary/aromatic N) is 2. The largest absolute Gasteiger partial charge is 0.494 e. The predicted octanol–water partition coefficient (Wildman–Crippen LogP) is 5.45. The Morgan fingerprint density at radius 3 is 2.26 bits per heavy atom. The molecule has 0 saturated carbocycles. The Labute approximate surface area is 254 Å². The summed E-state index contributed by atoms with van der Waals surface area (Å²) in [5.41, 5.74) is 2.21. The number of carbonyl (C=O) groups excluding carboxylic acids is 2. The molecule has 2 amide bonds. The Bertz CT molecular complexity index is 1400. The summed E-state index contributed by atoms with van der Waals surface area (Å²) in [6, 6.07) is 22.8. The van der Waals surface area contributed by atoms with Crippen LogP contribution in [0.15, 0.2) is 78.9 Å². The summed E-state index contributed by atoms with van der Waals surface area (Å²) in [5.74, 6) is 0.165. The fourth-order valence-corrected chi connectivity index (χ4v) is 5.81. The summed E-state index contributed by atoms with van der Waals surface area (Å²) in [4.78, 5) is 28.9. The molecule has 226 valence electrons. The summed E-state index contributed by atoms with van der Waals surface area (Å²) in [6.45, 7) is 5.14. The minimum Gasteiger partial charge on any atom is -0.494 e. The fraction of sp³-hybridized carbons (Fsp3) is 0.375. The van der Waals surface area contributed by atoms with Crippen LogP contribution in [0.5, 0.6) is 5.75 Å². The van der Waals surface area contributed by atoms with E-state index < -0.39 is 16.1 Å². The molecule has 0 aliphatic carbocycles. The van der Waals surface area contributed by atoms with Crippen molar-refractivity contribution in [3.05, 3.63) is 95.0 Å². The van der Waals surface area contributed by atoms with Crippen LogP contribution in [-0.4, -0.2) is 57.1 Å². The minimum absolute atomic E-state index is 0.0516. The zero-order chi connectivity index (χ0) is 30.5. The van der Waals surface area contributed by atoms with E-state index in [2.05, 4.69) is 5.32 Å². The smallest absolute Gasteiger partial charge is 0.243 e. The summed E-state index contributed by atoms with van der Waals surface area (Å²) in [6.07, 6.45) is 2.56. The van der Waals surface area contributed by atoms with E-state index in [4.69, 9.17) is 16.3 Å². The molecule has 10 heteroatoms. The molecule has 0 spiro atoms. The van der Waals surface area contributed by atoms with Crippen LogP contribution in [-0.2, 0) is 32.6 Å². The van der Waals surface area contributed by atoms with Gasteiger partial charge in [0.15, 0.2) is 0 Å². The second-order valence-corrected chi connectivity index (χ2v) is 12.4. The average molecular weight is 614 g/mol. The molecule has 1 N–H and O–H groups in total. The van der Waals surface area contributed by atoms with Gasteiger partial charge in [-0.15, -0.1) is 0 Å². The van der Waals surface area contributed by atoms with Gasteiger partial charge in [0.25, 0.3) is 0 Å². The number of sulfonamides is 1. The van der Waals surface area contributed by atoms with Crippen molar-refractivity contribution in [2.75, 3.05) is 30.3 Å². The second-order valence-electron chi connectivity index (χ2n) is 10.0. The molecule has 0 fully saturated rings. The molecular formula is C32H40ClN3O5S. The lowest BCUT2D eigenvalue weighted by molar-refractivity contribution is -0.141. The summed E-state index contributed by atoms with van der Waals surface area (Å²) in [5, 5.41) is 3.49. The molecule has 0 radical (unpaired) electrons. The van der Waals surface area contributed by atoms with E-state index in [9.17, 15) is 18.0 Å². The number of hydrogen-bond donors (Lipinski definition) is 1. The van der Waals surface area contributed by atoms with Gasteiger partial charge in [0.1, 0.15) is 11.8 Å². The van der Waals surface area contributed by atoms with Crippen LogP contribution in [0.3, 0.4) is 0 Å². The number of benzene rings is 3. The van der Waals surface area contributed by atoms with Gasteiger partial charge in [-0.3, -0.25) is 13.9 Å². The Morgan fingerprint density at radius 2 is 1.64 bits per heavy atom. The van der Waals surface area contributed by atoms with Crippen molar-refractivity contribution in [3.63, 3.8) is 0 Å². The predicted molar refractivity (Wildman–Crippen MR) is 168 cm³/mol. The molecule has 1 unspecified atom stereocenters. The minimum atomic E-state index is -3.61. The van der Waals surface area contributed by atoms with Gasteiger partial charge in [0.05, 0.1) is 18.6 Å². The maximum absolute atomic E-state index is 13.9. The Kier molecular flexibility index (Phi) is 12.7. The quantitative estimate of drug-likeness (QED) is 0.232. The molecule has 0 saturated heterocycles. The highest BCUT2D eigenvalue weighted by molar-refractivity contribution is 7.92. The van der Waals surface area contributed by atoms with Crippen LogP contribution in [0.1, 0.15) is 44.2 Å². The van der Waals surface area contributed by atoms with Crippen molar-refractivity contribution in [1.29, 1.82) is 0 Å². The molecule has 8 nitrogen and oxygen atoms in total. The van der Waals surface area contributed by atoms with Gasteiger partial charge in [-0.1, -0.05) is 61.0 Å². The number of rotatable bonds is 16.